The first-order chi connectivity index (χ1) is 10.2. The summed E-state index contributed by atoms with van der Waals surface area (Å²) in [5.41, 5.74) is 0.721. The average molecular weight is 301 g/mol. The first-order valence-electron chi connectivity index (χ1n) is 7.18. The number of amides is 1. The molecule has 1 aromatic heterocycles. The zero-order valence-electron chi connectivity index (χ0n) is 11.4. The lowest BCUT2D eigenvalue weighted by atomic mass is 9.89. The van der Waals surface area contributed by atoms with E-state index in [1.54, 1.807) is 11.3 Å². The van der Waals surface area contributed by atoms with E-state index in [0.717, 1.165) is 28.5 Å². The van der Waals surface area contributed by atoms with Crippen LogP contribution in [0, 0.1) is 5.92 Å². The molecule has 2 aliphatic heterocycles. The molecule has 2 aromatic rings. The fourth-order valence-electron chi connectivity index (χ4n) is 3.85. The van der Waals surface area contributed by atoms with Gasteiger partial charge in [0.15, 0.2) is 0 Å². The first kappa shape index (κ1) is 12.8. The zero-order chi connectivity index (χ0) is 14.6. The molecule has 1 amide bonds. The van der Waals surface area contributed by atoms with Crippen molar-refractivity contribution in [2.75, 3.05) is 0 Å². The number of fused-ring (bicyclic) bond motifs is 3. The Morgan fingerprint density at radius 3 is 2.81 bits per heavy atom. The SMILES string of the molecule is O=C(O)C1CC2CCC1N2C(=O)c1csc2ccccc12. The minimum absolute atomic E-state index is 0.00343. The number of carbonyl (C=O) groups excluding carboxylic acids is 1. The fraction of sp³-hybridized carbons (Fsp3) is 0.375. The standard InChI is InChI=1S/C16H15NO3S/c18-15(12-8-21-14-4-2-1-3-10(12)14)17-9-5-6-13(17)11(7-9)16(19)20/h1-4,8-9,11,13H,5-7H2,(H,19,20). The molecule has 4 rings (SSSR count). The van der Waals surface area contributed by atoms with E-state index in [2.05, 4.69) is 0 Å². The van der Waals surface area contributed by atoms with Crippen LogP contribution in [0.4, 0.5) is 0 Å². The summed E-state index contributed by atoms with van der Waals surface area (Å²) in [7, 11) is 0. The van der Waals surface area contributed by atoms with Gasteiger partial charge in [-0.1, -0.05) is 18.2 Å². The van der Waals surface area contributed by atoms with Gasteiger partial charge >= 0.3 is 5.97 Å². The third-order valence-electron chi connectivity index (χ3n) is 4.80. The van der Waals surface area contributed by atoms with Crippen LogP contribution in [0.3, 0.4) is 0 Å². The van der Waals surface area contributed by atoms with E-state index < -0.39 is 11.9 Å². The van der Waals surface area contributed by atoms with Crippen LogP contribution in [0.1, 0.15) is 29.6 Å². The highest BCUT2D eigenvalue weighted by Crippen LogP contribution is 2.43. The molecule has 108 valence electrons. The van der Waals surface area contributed by atoms with E-state index in [1.807, 2.05) is 34.5 Å². The Hall–Kier alpha value is -1.88. The highest BCUT2D eigenvalue weighted by Gasteiger charge is 2.51. The third-order valence-corrected chi connectivity index (χ3v) is 5.76. The number of carboxylic acids is 1. The summed E-state index contributed by atoms with van der Waals surface area (Å²) in [6.45, 7) is 0. The maximum absolute atomic E-state index is 12.9. The molecule has 0 aliphatic carbocycles. The van der Waals surface area contributed by atoms with Gasteiger partial charge in [-0.2, -0.15) is 0 Å². The first-order valence-corrected chi connectivity index (χ1v) is 8.06. The van der Waals surface area contributed by atoms with E-state index in [1.165, 1.54) is 0 Å². The maximum Gasteiger partial charge on any atom is 0.308 e. The van der Waals surface area contributed by atoms with Crippen molar-refractivity contribution in [2.45, 2.75) is 31.3 Å². The predicted molar refractivity (Wildman–Crippen MR) is 80.5 cm³/mol. The minimum Gasteiger partial charge on any atom is -0.481 e. The number of aliphatic carboxylic acids is 1. The van der Waals surface area contributed by atoms with Crippen LogP contribution in [0.5, 0.6) is 0 Å². The Balaban J connectivity index is 1.71. The Morgan fingerprint density at radius 2 is 2.05 bits per heavy atom. The van der Waals surface area contributed by atoms with Crippen LogP contribution >= 0.6 is 11.3 Å². The van der Waals surface area contributed by atoms with E-state index in [4.69, 9.17) is 0 Å². The van der Waals surface area contributed by atoms with Crippen molar-refractivity contribution in [3.05, 3.63) is 35.2 Å². The van der Waals surface area contributed by atoms with Crippen molar-refractivity contribution in [1.29, 1.82) is 0 Å². The second-order valence-electron chi connectivity index (χ2n) is 5.84. The van der Waals surface area contributed by atoms with Crippen LogP contribution in [0.15, 0.2) is 29.6 Å². The Bertz CT molecular complexity index is 738. The van der Waals surface area contributed by atoms with E-state index in [-0.39, 0.29) is 18.0 Å². The number of benzene rings is 1. The minimum atomic E-state index is -0.768. The molecule has 4 nitrogen and oxygen atoms in total. The molecule has 0 spiro atoms. The summed E-state index contributed by atoms with van der Waals surface area (Å²) in [4.78, 5) is 26.1. The average Bonchev–Trinajstić information content (AvgIpc) is 3.18. The Morgan fingerprint density at radius 1 is 1.24 bits per heavy atom. The molecule has 2 bridgehead atoms. The van der Waals surface area contributed by atoms with Crippen LogP contribution in [-0.2, 0) is 4.79 Å². The molecule has 2 fully saturated rings. The molecule has 0 saturated carbocycles. The summed E-state index contributed by atoms with van der Waals surface area (Å²) >= 11 is 1.57. The van der Waals surface area contributed by atoms with Gasteiger partial charge in [0.05, 0.1) is 11.5 Å². The molecule has 1 aromatic carbocycles. The fourth-order valence-corrected chi connectivity index (χ4v) is 4.79. The molecular formula is C16H15NO3S. The quantitative estimate of drug-likeness (QED) is 0.927. The summed E-state index contributed by atoms with van der Waals surface area (Å²) in [6.07, 6.45) is 2.35. The summed E-state index contributed by atoms with van der Waals surface area (Å²) in [6, 6.07) is 7.85. The van der Waals surface area contributed by atoms with Crippen LogP contribution in [0.25, 0.3) is 10.1 Å². The normalized spacial score (nSPS) is 27.4. The summed E-state index contributed by atoms with van der Waals surface area (Å²) < 4.78 is 1.10. The van der Waals surface area contributed by atoms with Crippen molar-refractivity contribution in [2.24, 2.45) is 5.92 Å². The van der Waals surface area contributed by atoms with Gasteiger partial charge in [0, 0.05) is 27.5 Å². The molecule has 0 radical (unpaired) electrons. The third kappa shape index (κ3) is 1.80. The largest absolute Gasteiger partial charge is 0.481 e. The number of hydrogen-bond acceptors (Lipinski definition) is 3. The van der Waals surface area contributed by atoms with Crippen LogP contribution in [-0.4, -0.2) is 34.0 Å². The molecule has 21 heavy (non-hydrogen) atoms. The molecule has 3 heterocycles. The monoisotopic (exact) mass is 301 g/mol. The van der Waals surface area contributed by atoms with Crippen LogP contribution < -0.4 is 0 Å². The number of hydrogen-bond donors (Lipinski definition) is 1. The van der Waals surface area contributed by atoms with Gasteiger partial charge in [0.25, 0.3) is 5.91 Å². The highest BCUT2D eigenvalue weighted by molar-refractivity contribution is 7.17. The predicted octanol–water partition coefficient (Wildman–Crippen LogP) is 2.98. The molecule has 3 unspecified atom stereocenters. The zero-order valence-corrected chi connectivity index (χ0v) is 12.2. The van der Waals surface area contributed by atoms with E-state index in [0.29, 0.717) is 6.42 Å². The number of carbonyl (C=O) groups is 2. The van der Waals surface area contributed by atoms with Crippen molar-refractivity contribution in [1.82, 2.24) is 4.90 Å². The van der Waals surface area contributed by atoms with Gasteiger partial charge in [-0.25, -0.2) is 0 Å². The second kappa shape index (κ2) is 4.56. The van der Waals surface area contributed by atoms with Gasteiger partial charge in [-0.3, -0.25) is 9.59 Å². The van der Waals surface area contributed by atoms with Gasteiger partial charge in [0.2, 0.25) is 0 Å². The Kier molecular flexibility index (Phi) is 2.79. The lowest BCUT2D eigenvalue weighted by Gasteiger charge is -2.22. The number of carboxylic acid groups (broad SMARTS) is 1. The smallest absolute Gasteiger partial charge is 0.308 e. The summed E-state index contributed by atoms with van der Waals surface area (Å²) in [5.74, 6) is -1.16. The van der Waals surface area contributed by atoms with Crippen LogP contribution in [0.2, 0.25) is 0 Å². The molecule has 5 heteroatoms. The number of rotatable bonds is 2. The lowest BCUT2D eigenvalue weighted by Crippen LogP contribution is -2.37. The number of nitrogens with zero attached hydrogens (tertiary/aromatic N) is 1. The van der Waals surface area contributed by atoms with Crippen molar-refractivity contribution < 1.29 is 14.7 Å². The van der Waals surface area contributed by atoms with Crippen molar-refractivity contribution in [3.8, 4) is 0 Å². The lowest BCUT2D eigenvalue weighted by molar-refractivity contribution is -0.142. The highest BCUT2D eigenvalue weighted by atomic mass is 32.1. The number of thiophene rings is 1. The molecule has 3 atom stereocenters. The van der Waals surface area contributed by atoms with Gasteiger partial charge in [0.1, 0.15) is 0 Å². The van der Waals surface area contributed by atoms with Gasteiger partial charge in [-0.05, 0) is 25.3 Å². The molecule has 1 N–H and O–H groups in total. The van der Waals surface area contributed by atoms with Crippen molar-refractivity contribution >= 4 is 33.3 Å². The maximum atomic E-state index is 12.9. The van der Waals surface area contributed by atoms with Gasteiger partial charge < -0.3 is 10.0 Å². The van der Waals surface area contributed by atoms with E-state index in [9.17, 15) is 14.7 Å². The molecular weight excluding hydrogens is 286 g/mol. The summed E-state index contributed by atoms with van der Waals surface area (Å²) in [5, 5.41) is 12.2. The molecule has 2 saturated heterocycles. The van der Waals surface area contributed by atoms with Gasteiger partial charge in [-0.15, -0.1) is 11.3 Å². The van der Waals surface area contributed by atoms with Crippen molar-refractivity contribution in [3.63, 3.8) is 0 Å². The molecule has 2 aliphatic rings. The second-order valence-corrected chi connectivity index (χ2v) is 6.75. The topological polar surface area (TPSA) is 57.6 Å². The Labute approximate surface area is 126 Å². The van der Waals surface area contributed by atoms with E-state index >= 15 is 0 Å².